The maximum Gasteiger partial charge on any atom is 0.264 e. The normalized spacial score (nSPS) is 14.0. The van der Waals surface area contributed by atoms with Gasteiger partial charge >= 0.3 is 0 Å². The maximum atomic E-state index is 14.7. The Balaban J connectivity index is 1.59. The molecule has 1 saturated carbocycles. The Labute approximate surface area is 287 Å². The number of rotatable bonds is 13. The van der Waals surface area contributed by atoms with E-state index < -0.39 is 28.5 Å². The number of anilines is 1. The van der Waals surface area contributed by atoms with Crippen molar-refractivity contribution < 1.29 is 18.0 Å². The molecule has 47 heavy (non-hydrogen) atoms. The van der Waals surface area contributed by atoms with Crippen molar-refractivity contribution >= 4 is 43.5 Å². The fourth-order valence-corrected chi connectivity index (χ4v) is 8.06. The average molecular weight is 717 g/mol. The summed E-state index contributed by atoms with van der Waals surface area (Å²) < 4.78 is 30.8. The summed E-state index contributed by atoms with van der Waals surface area (Å²) in [4.78, 5) is 30.6. The molecule has 4 aromatic carbocycles. The van der Waals surface area contributed by atoms with Crippen LogP contribution >= 0.6 is 15.9 Å². The second kappa shape index (κ2) is 15.8. The molecular formula is C38H42BrN3O4S. The van der Waals surface area contributed by atoms with Crippen LogP contribution in [0.2, 0.25) is 0 Å². The topological polar surface area (TPSA) is 86.8 Å². The fraction of sp³-hybridized carbons (Fsp3) is 0.316. The van der Waals surface area contributed by atoms with Crippen molar-refractivity contribution in [2.75, 3.05) is 10.8 Å². The highest BCUT2D eigenvalue weighted by molar-refractivity contribution is 9.10. The van der Waals surface area contributed by atoms with Crippen LogP contribution < -0.4 is 9.62 Å². The minimum absolute atomic E-state index is 0.0541. The molecule has 1 N–H and O–H groups in total. The molecule has 7 nitrogen and oxygen atoms in total. The summed E-state index contributed by atoms with van der Waals surface area (Å²) in [6.07, 6.45) is 4.77. The van der Waals surface area contributed by atoms with Crippen molar-refractivity contribution in [3.63, 3.8) is 0 Å². The molecule has 5 rings (SSSR count). The first-order chi connectivity index (χ1) is 22.7. The van der Waals surface area contributed by atoms with Crippen LogP contribution in [0.5, 0.6) is 0 Å². The molecule has 4 aromatic rings. The van der Waals surface area contributed by atoms with Crippen molar-refractivity contribution in [2.24, 2.45) is 0 Å². The number of para-hydroxylation sites is 1. The van der Waals surface area contributed by atoms with Gasteiger partial charge in [-0.05, 0) is 73.2 Å². The van der Waals surface area contributed by atoms with Crippen LogP contribution in [0.1, 0.15) is 54.9 Å². The Morgan fingerprint density at radius 2 is 1.53 bits per heavy atom. The van der Waals surface area contributed by atoms with E-state index in [1.165, 1.54) is 4.31 Å². The summed E-state index contributed by atoms with van der Waals surface area (Å²) >= 11 is 3.54. The maximum absolute atomic E-state index is 14.7. The van der Waals surface area contributed by atoms with Crippen LogP contribution in [0.4, 0.5) is 5.69 Å². The van der Waals surface area contributed by atoms with Crippen LogP contribution in [-0.4, -0.2) is 43.8 Å². The smallest absolute Gasteiger partial charge is 0.264 e. The minimum atomic E-state index is -4.16. The van der Waals surface area contributed by atoms with Gasteiger partial charge in [-0.15, -0.1) is 0 Å². The predicted molar refractivity (Wildman–Crippen MR) is 191 cm³/mol. The first-order valence-corrected chi connectivity index (χ1v) is 18.4. The SMILES string of the molecule is CCc1ccccc1N(CC(=O)N(Cc1cccc(Br)c1)C(Cc1ccccc1)C(=O)NC1CCCC1)S(=O)(=O)c1ccc(C)cc1. The van der Waals surface area contributed by atoms with E-state index in [1.54, 1.807) is 41.3 Å². The van der Waals surface area contributed by atoms with Gasteiger partial charge in [-0.3, -0.25) is 13.9 Å². The Kier molecular flexibility index (Phi) is 11.5. The van der Waals surface area contributed by atoms with E-state index in [2.05, 4.69) is 21.2 Å². The zero-order valence-electron chi connectivity index (χ0n) is 26.9. The van der Waals surface area contributed by atoms with Crippen LogP contribution in [-0.2, 0) is 39.0 Å². The van der Waals surface area contributed by atoms with E-state index in [9.17, 15) is 18.0 Å². The predicted octanol–water partition coefficient (Wildman–Crippen LogP) is 7.21. The van der Waals surface area contributed by atoms with E-state index >= 15 is 0 Å². The van der Waals surface area contributed by atoms with Crippen LogP contribution in [0.25, 0.3) is 0 Å². The number of carbonyl (C=O) groups is 2. The Morgan fingerprint density at radius 3 is 2.21 bits per heavy atom. The van der Waals surface area contributed by atoms with Gasteiger partial charge < -0.3 is 10.2 Å². The van der Waals surface area contributed by atoms with E-state index in [4.69, 9.17) is 0 Å². The molecule has 0 aromatic heterocycles. The Bertz CT molecular complexity index is 1770. The Hall–Kier alpha value is -3.95. The molecule has 246 valence electrons. The quantitative estimate of drug-likeness (QED) is 0.159. The van der Waals surface area contributed by atoms with Gasteiger partial charge in [0, 0.05) is 23.5 Å². The number of aryl methyl sites for hydroxylation is 2. The zero-order chi connectivity index (χ0) is 33.4. The third kappa shape index (κ3) is 8.70. The lowest BCUT2D eigenvalue weighted by Crippen LogP contribution is -2.54. The summed E-state index contributed by atoms with van der Waals surface area (Å²) in [7, 11) is -4.16. The molecule has 2 amide bonds. The number of benzene rings is 4. The van der Waals surface area contributed by atoms with Gasteiger partial charge in [-0.2, -0.15) is 0 Å². The summed E-state index contributed by atoms with van der Waals surface area (Å²) in [5.74, 6) is -0.694. The highest BCUT2D eigenvalue weighted by atomic mass is 79.9. The number of nitrogens with zero attached hydrogens (tertiary/aromatic N) is 2. The largest absolute Gasteiger partial charge is 0.352 e. The molecule has 0 spiro atoms. The van der Waals surface area contributed by atoms with Crippen molar-refractivity contribution in [2.45, 2.75) is 75.9 Å². The number of amides is 2. The lowest BCUT2D eigenvalue weighted by atomic mass is 10.0. The van der Waals surface area contributed by atoms with E-state index in [1.807, 2.05) is 80.6 Å². The molecule has 1 aliphatic rings. The van der Waals surface area contributed by atoms with Gasteiger partial charge in [-0.25, -0.2) is 8.42 Å². The van der Waals surface area contributed by atoms with Crippen molar-refractivity contribution in [3.05, 3.63) is 130 Å². The highest BCUT2D eigenvalue weighted by Crippen LogP contribution is 2.29. The van der Waals surface area contributed by atoms with Crippen molar-refractivity contribution in [1.29, 1.82) is 0 Å². The first kappa shape index (κ1) is 34.4. The number of hydrogen-bond donors (Lipinski definition) is 1. The lowest BCUT2D eigenvalue weighted by molar-refractivity contribution is -0.140. The Morgan fingerprint density at radius 1 is 0.872 bits per heavy atom. The van der Waals surface area contributed by atoms with Gasteiger partial charge in [0.25, 0.3) is 10.0 Å². The van der Waals surface area contributed by atoms with Gasteiger partial charge in [0.1, 0.15) is 12.6 Å². The molecule has 9 heteroatoms. The summed E-state index contributed by atoms with van der Waals surface area (Å²) in [6.45, 7) is 3.51. The van der Waals surface area contributed by atoms with Crippen LogP contribution in [0.15, 0.2) is 112 Å². The van der Waals surface area contributed by atoms with E-state index in [-0.39, 0.29) is 29.8 Å². The van der Waals surface area contributed by atoms with Crippen LogP contribution in [0, 0.1) is 6.92 Å². The monoisotopic (exact) mass is 715 g/mol. The summed E-state index contributed by atoms with van der Waals surface area (Å²) in [6, 6.07) is 30.4. The average Bonchev–Trinajstić information content (AvgIpc) is 3.59. The number of nitrogens with one attached hydrogen (secondary N) is 1. The second-order valence-electron chi connectivity index (χ2n) is 12.2. The summed E-state index contributed by atoms with van der Waals surface area (Å²) in [5, 5.41) is 3.22. The molecule has 0 radical (unpaired) electrons. The van der Waals surface area contributed by atoms with Crippen molar-refractivity contribution in [1.82, 2.24) is 10.2 Å². The van der Waals surface area contributed by atoms with Gasteiger partial charge in [0.15, 0.2) is 0 Å². The van der Waals surface area contributed by atoms with Gasteiger partial charge in [0.2, 0.25) is 11.8 Å². The molecule has 1 fully saturated rings. The van der Waals surface area contributed by atoms with Crippen LogP contribution in [0.3, 0.4) is 0 Å². The third-order valence-corrected chi connectivity index (χ3v) is 11.0. The first-order valence-electron chi connectivity index (χ1n) is 16.2. The van der Waals surface area contributed by atoms with Gasteiger partial charge in [-0.1, -0.05) is 114 Å². The molecular weight excluding hydrogens is 674 g/mol. The second-order valence-corrected chi connectivity index (χ2v) is 14.9. The zero-order valence-corrected chi connectivity index (χ0v) is 29.3. The molecule has 1 aliphatic carbocycles. The molecule has 0 saturated heterocycles. The molecule has 1 atom stereocenters. The van der Waals surface area contributed by atoms with E-state index in [0.29, 0.717) is 12.1 Å². The number of hydrogen-bond acceptors (Lipinski definition) is 4. The van der Waals surface area contributed by atoms with Crippen molar-refractivity contribution in [3.8, 4) is 0 Å². The number of carbonyl (C=O) groups excluding carboxylic acids is 2. The third-order valence-electron chi connectivity index (χ3n) is 8.74. The molecule has 0 heterocycles. The fourth-order valence-electron chi connectivity index (χ4n) is 6.16. The molecule has 0 bridgehead atoms. The highest BCUT2D eigenvalue weighted by Gasteiger charge is 2.36. The minimum Gasteiger partial charge on any atom is -0.352 e. The summed E-state index contributed by atoms with van der Waals surface area (Å²) in [5.41, 5.74) is 3.90. The van der Waals surface area contributed by atoms with E-state index in [0.717, 1.165) is 52.4 Å². The molecule has 0 aliphatic heterocycles. The van der Waals surface area contributed by atoms with Gasteiger partial charge in [0.05, 0.1) is 10.6 Å². The number of sulfonamides is 1. The molecule has 1 unspecified atom stereocenters. The lowest BCUT2D eigenvalue weighted by Gasteiger charge is -2.34. The number of halogens is 1. The standard InChI is InChI=1S/C38H42BrN3O4S/c1-3-31-15-7-10-19-35(31)42(47(45,46)34-22-20-28(2)21-23-34)27-37(43)41(26-30-14-11-16-32(39)24-30)36(25-29-12-5-4-6-13-29)38(44)40-33-17-8-9-18-33/h4-7,10-16,19-24,33,36H,3,8-9,17-18,25-27H2,1-2H3,(H,40,44).